The number of hydrogen-bond acceptors (Lipinski definition) is 5. The van der Waals surface area contributed by atoms with E-state index in [0.717, 1.165) is 12.8 Å². The molecular formula is C21H24ClNO5. The van der Waals surface area contributed by atoms with E-state index in [-0.39, 0.29) is 0 Å². The highest BCUT2D eigenvalue weighted by atomic mass is 35.5. The van der Waals surface area contributed by atoms with Gasteiger partial charge in [0.25, 0.3) is 5.91 Å². The van der Waals surface area contributed by atoms with E-state index in [1.54, 1.807) is 42.5 Å². The van der Waals surface area contributed by atoms with Gasteiger partial charge in [0.2, 0.25) is 0 Å². The molecule has 2 aromatic rings. The van der Waals surface area contributed by atoms with Gasteiger partial charge in [-0.2, -0.15) is 0 Å². The summed E-state index contributed by atoms with van der Waals surface area (Å²) in [4.78, 5) is 24.6. The predicted molar refractivity (Wildman–Crippen MR) is 108 cm³/mol. The van der Waals surface area contributed by atoms with Gasteiger partial charge < -0.3 is 19.5 Å². The molecule has 6 nitrogen and oxygen atoms in total. The Morgan fingerprint density at radius 1 is 1.14 bits per heavy atom. The molecule has 2 aromatic carbocycles. The third kappa shape index (κ3) is 6.16. The van der Waals surface area contributed by atoms with E-state index >= 15 is 0 Å². The lowest BCUT2D eigenvalue weighted by Crippen LogP contribution is -2.30. The maximum Gasteiger partial charge on any atom is 0.338 e. The molecule has 0 unspecified atom stereocenters. The second-order valence-corrected chi connectivity index (χ2v) is 6.54. The predicted octanol–water partition coefficient (Wildman–Crippen LogP) is 4.71. The monoisotopic (exact) mass is 405 g/mol. The van der Waals surface area contributed by atoms with Crippen LogP contribution in [0.5, 0.6) is 11.5 Å². The fourth-order valence-electron chi connectivity index (χ4n) is 2.32. The highest BCUT2D eigenvalue weighted by molar-refractivity contribution is 6.31. The molecule has 0 saturated carbocycles. The number of esters is 1. The number of halogens is 1. The van der Waals surface area contributed by atoms with E-state index < -0.39 is 18.0 Å². The summed E-state index contributed by atoms with van der Waals surface area (Å²) < 4.78 is 16.0. The van der Waals surface area contributed by atoms with Crippen molar-refractivity contribution in [3.63, 3.8) is 0 Å². The average molecular weight is 406 g/mol. The van der Waals surface area contributed by atoms with Crippen molar-refractivity contribution in [3.05, 3.63) is 53.1 Å². The van der Waals surface area contributed by atoms with Gasteiger partial charge in [-0.3, -0.25) is 4.79 Å². The molecule has 0 aliphatic carbocycles. The molecule has 2 rings (SSSR count). The number of amides is 1. The number of ether oxygens (including phenoxy) is 3. The van der Waals surface area contributed by atoms with Crippen molar-refractivity contribution >= 4 is 29.2 Å². The van der Waals surface area contributed by atoms with Gasteiger partial charge in [0.1, 0.15) is 11.5 Å². The number of carbonyl (C=O) groups is 2. The Kier molecular flexibility index (Phi) is 8.14. The minimum atomic E-state index is -1.00. The summed E-state index contributed by atoms with van der Waals surface area (Å²) in [7, 11) is 1.48. The minimum absolute atomic E-state index is 0.336. The van der Waals surface area contributed by atoms with Crippen LogP contribution < -0.4 is 14.8 Å². The van der Waals surface area contributed by atoms with E-state index in [1.165, 1.54) is 14.0 Å². The van der Waals surface area contributed by atoms with Gasteiger partial charge in [-0.05, 0) is 55.8 Å². The molecule has 0 saturated heterocycles. The highest BCUT2D eigenvalue weighted by Gasteiger charge is 2.20. The van der Waals surface area contributed by atoms with Crippen LogP contribution in [0.1, 0.15) is 37.0 Å². The molecule has 0 aliphatic heterocycles. The first-order valence-electron chi connectivity index (χ1n) is 9.02. The summed E-state index contributed by atoms with van der Waals surface area (Å²) in [5.41, 5.74) is 0.735. The number of hydrogen-bond donors (Lipinski definition) is 1. The van der Waals surface area contributed by atoms with Crippen molar-refractivity contribution in [1.29, 1.82) is 0 Å². The molecule has 1 N–H and O–H groups in total. The molecule has 0 heterocycles. The van der Waals surface area contributed by atoms with Crippen molar-refractivity contribution in [2.24, 2.45) is 0 Å². The number of anilines is 1. The zero-order chi connectivity index (χ0) is 20.5. The lowest BCUT2D eigenvalue weighted by Gasteiger charge is -2.15. The molecular weight excluding hydrogens is 382 g/mol. The Morgan fingerprint density at radius 3 is 2.50 bits per heavy atom. The fourth-order valence-corrected chi connectivity index (χ4v) is 2.49. The average Bonchev–Trinajstić information content (AvgIpc) is 2.68. The minimum Gasteiger partial charge on any atom is -0.495 e. The van der Waals surface area contributed by atoms with Crippen LogP contribution in [-0.4, -0.2) is 31.7 Å². The summed E-state index contributed by atoms with van der Waals surface area (Å²) in [5, 5.41) is 3.10. The number of nitrogens with one attached hydrogen (secondary N) is 1. The van der Waals surface area contributed by atoms with Crippen LogP contribution in [0, 0.1) is 0 Å². The van der Waals surface area contributed by atoms with Crippen molar-refractivity contribution in [2.75, 3.05) is 19.0 Å². The Labute approximate surface area is 169 Å². The number of carbonyl (C=O) groups excluding carboxylic acids is 2. The molecule has 0 aliphatic rings. The van der Waals surface area contributed by atoms with Crippen molar-refractivity contribution in [2.45, 2.75) is 32.8 Å². The Bertz CT molecular complexity index is 807. The van der Waals surface area contributed by atoms with Gasteiger partial charge in [0, 0.05) is 5.02 Å². The molecule has 0 radical (unpaired) electrons. The highest BCUT2D eigenvalue weighted by Crippen LogP contribution is 2.28. The summed E-state index contributed by atoms with van der Waals surface area (Å²) in [6.45, 7) is 4.21. The second-order valence-electron chi connectivity index (χ2n) is 6.11. The lowest BCUT2D eigenvalue weighted by molar-refractivity contribution is -0.123. The first-order chi connectivity index (χ1) is 13.4. The molecule has 7 heteroatoms. The second kappa shape index (κ2) is 10.6. The topological polar surface area (TPSA) is 73.9 Å². The van der Waals surface area contributed by atoms with Gasteiger partial charge in [0.05, 0.1) is 25.0 Å². The summed E-state index contributed by atoms with van der Waals surface area (Å²) in [5.74, 6) is 0.0491. The molecule has 0 fully saturated rings. The number of benzene rings is 2. The van der Waals surface area contributed by atoms with Gasteiger partial charge in [-0.1, -0.05) is 24.9 Å². The maximum atomic E-state index is 12.4. The summed E-state index contributed by atoms with van der Waals surface area (Å²) in [6, 6.07) is 11.5. The Morgan fingerprint density at radius 2 is 1.86 bits per heavy atom. The van der Waals surface area contributed by atoms with Crippen LogP contribution in [0.15, 0.2) is 42.5 Å². The van der Waals surface area contributed by atoms with E-state index in [9.17, 15) is 9.59 Å². The van der Waals surface area contributed by atoms with Crippen molar-refractivity contribution in [3.8, 4) is 11.5 Å². The standard InChI is InChI=1S/C21H24ClNO5/c1-4-5-12-27-17-9-6-15(7-10-17)21(25)28-14(2)20(24)23-18-13-16(22)8-11-19(18)26-3/h6-11,13-14H,4-5,12H2,1-3H3,(H,23,24)/t14-/m0/s1. The molecule has 0 aromatic heterocycles. The van der Waals surface area contributed by atoms with Gasteiger partial charge >= 0.3 is 5.97 Å². The smallest absolute Gasteiger partial charge is 0.338 e. The van der Waals surface area contributed by atoms with E-state index in [1.807, 2.05) is 0 Å². The summed E-state index contributed by atoms with van der Waals surface area (Å²) in [6.07, 6.45) is 1.01. The molecule has 1 amide bonds. The first-order valence-corrected chi connectivity index (χ1v) is 9.40. The van der Waals surface area contributed by atoms with Gasteiger partial charge in [-0.25, -0.2) is 4.79 Å². The molecule has 150 valence electrons. The van der Waals surface area contributed by atoms with E-state index in [4.69, 9.17) is 25.8 Å². The van der Waals surface area contributed by atoms with Crippen molar-refractivity contribution < 1.29 is 23.8 Å². The molecule has 28 heavy (non-hydrogen) atoms. The van der Waals surface area contributed by atoms with E-state index in [2.05, 4.69) is 12.2 Å². The van der Waals surface area contributed by atoms with Gasteiger partial charge in [-0.15, -0.1) is 0 Å². The number of unbranched alkanes of at least 4 members (excludes halogenated alkanes) is 1. The maximum absolute atomic E-state index is 12.4. The first kappa shape index (κ1) is 21.6. The van der Waals surface area contributed by atoms with Crippen LogP contribution >= 0.6 is 11.6 Å². The molecule has 1 atom stereocenters. The van der Waals surface area contributed by atoms with Crippen LogP contribution in [0.2, 0.25) is 5.02 Å². The lowest BCUT2D eigenvalue weighted by atomic mass is 10.2. The third-order valence-electron chi connectivity index (χ3n) is 3.93. The fraction of sp³-hybridized carbons (Fsp3) is 0.333. The van der Waals surface area contributed by atoms with E-state index in [0.29, 0.717) is 34.4 Å². The normalized spacial score (nSPS) is 11.4. The van der Waals surface area contributed by atoms with Crippen LogP contribution in [0.25, 0.3) is 0 Å². The molecule has 0 spiro atoms. The van der Waals surface area contributed by atoms with Crippen molar-refractivity contribution in [1.82, 2.24) is 0 Å². The zero-order valence-electron chi connectivity index (χ0n) is 16.2. The quantitative estimate of drug-likeness (QED) is 0.483. The Hall–Kier alpha value is -2.73. The van der Waals surface area contributed by atoms with Gasteiger partial charge in [0.15, 0.2) is 6.10 Å². The summed E-state index contributed by atoms with van der Waals surface area (Å²) >= 11 is 5.95. The number of rotatable bonds is 9. The van der Waals surface area contributed by atoms with Crippen LogP contribution in [-0.2, 0) is 9.53 Å². The Balaban J connectivity index is 1.94. The SMILES string of the molecule is CCCCOc1ccc(C(=O)O[C@@H](C)C(=O)Nc2cc(Cl)ccc2OC)cc1. The number of methoxy groups -OCH3 is 1. The largest absolute Gasteiger partial charge is 0.495 e. The molecule has 0 bridgehead atoms. The third-order valence-corrected chi connectivity index (χ3v) is 4.16. The van der Waals surface area contributed by atoms with Crippen LogP contribution in [0.4, 0.5) is 5.69 Å². The van der Waals surface area contributed by atoms with Crippen LogP contribution in [0.3, 0.4) is 0 Å². The zero-order valence-corrected chi connectivity index (χ0v) is 16.9.